The molecular weight excluding hydrogens is 386 g/mol. The molecule has 0 fully saturated rings. The lowest BCUT2D eigenvalue weighted by Crippen LogP contribution is -2.30. The highest BCUT2D eigenvalue weighted by molar-refractivity contribution is 6.03. The van der Waals surface area contributed by atoms with E-state index in [0.29, 0.717) is 11.5 Å². The lowest BCUT2D eigenvalue weighted by atomic mass is 9.71. The largest absolute Gasteiger partial charge is 0.289 e. The number of anilines is 1. The van der Waals surface area contributed by atoms with Crippen molar-refractivity contribution >= 4 is 24.0 Å². The fourth-order valence-corrected chi connectivity index (χ4v) is 4.66. The number of benzene rings is 2. The first-order chi connectivity index (χ1) is 14.6. The Hall–Kier alpha value is -3.28. The third kappa shape index (κ3) is 3.67. The maximum absolute atomic E-state index is 12.3. The zero-order valence-electron chi connectivity index (χ0n) is 18.9. The number of hydrogen-bond donors (Lipinski definition) is 2. The van der Waals surface area contributed by atoms with E-state index < -0.39 is 0 Å². The number of aromatic amines is 1. The van der Waals surface area contributed by atoms with Crippen molar-refractivity contribution in [2.24, 2.45) is 5.92 Å². The lowest BCUT2D eigenvalue weighted by molar-refractivity contribution is 0.102. The number of nitrogens with zero attached hydrogens (tertiary/aromatic N) is 3. The van der Waals surface area contributed by atoms with Gasteiger partial charge >= 0.3 is 0 Å². The molecule has 6 nitrogen and oxygen atoms in total. The van der Waals surface area contributed by atoms with E-state index >= 15 is 0 Å². The summed E-state index contributed by atoms with van der Waals surface area (Å²) in [5, 5.41) is 15.7. The first-order valence-electron chi connectivity index (χ1n) is 10.6. The molecule has 1 heterocycles. The molecule has 0 aliphatic heterocycles. The normalized spacial score (nSPS) is 18.8. The van der Waals surface area contributed by atoms with E-state index in [1.165, 1.54) is 22.3 Å². The van der Waals surface area contributed by atoms with Gasteiger partial charge in [-0.1, -0.05) is 76.1 Å². The number of carbonyl (C=O) groups excluding carboxylic acids is 1. The highest BCUT2D eigenvalue weighted by atomic mass is 16.1. The van der Waals surface area contributed by atoms with Crippen molar-refractivity contribution in [3.8, 4) is 0 Å². The van der Waals surface area contributed by atoms with Gasteiger partial charge in [0, 0.05) is 5.56 Å². The van der Waals surface area contributed by atoms with Crippen LogP contribution in [-0.4, -0.2) is 26.5 Å². The van der Waals surface area contributed by atoms with E-state index in [0.717, 1.165) is 5.56 Å². The molecule has 2 N–H and O–H groups in total. The predicted molar refractivity (Wildman–Crippen MR) is 124 cm³/mol. The van der Waals surface area contributed by atoms with Crippen LogP contribution in [0.5, 0.6) is 0 Å². The molecule has 6 heteroatoms. The van der Waals surface area contributed by atoms with Crippen molar-refractivity contribution in [2.75, 3.05) is 5.32 Å². The maximum atomic E-state index is 12.3. The number of tetrazole rings is 1. The van der Waals surface area contributed by atoms with Crippen molar-refractivity contribution in [2.45, 2.75) is 52.4 Å². The molecule has 3 aromatic rings. The molecule has 1 aliphatic rings. The van der Waals surface area contributed by atoms with Crippen LogP contribution in [0.3, 0.4) is 0 Å². The van der Waals surface area contributed by atoms with E-state index in [1.807, 2.05) is 12.1 Å². The van der Waals surface area contributed by atoms with E-state index in [2.05, 4.69) is 91.8 Å². The van der Waals surface area contributed by atoms with Crippen LogP contribution in [0.4, 0.5) is 5.95 Å². The Bertz CT molecular complexity index is 1140. The van der Waals surface area contributed by atoms with Crippen molar-refractivity contribution in [3.05, 3.63) is 69.8 Å². The maximum Gasteiger partial charge on any atom is 0.258 e. The van der Waals surface area contributed by atoms with Crippen LogP contribution in [0.1, 0.15) is 72.8 Å². The summed E-state index contributed by atoms with van der Waals surface area (Å²) >= 11 is 0. The number of fused-ring (bicyclic) bond motifs is 1. The Morgan fingerprint density at radius 1 is 1.03 bits per heavy atom. The van der Waals surface area contributed by atoms with Gasteiger partial charge in [0.25, 0.3) is 5.91 Å². The molecule has 0 saturated carbocycles. The van der Waals surface area contributed by atoms with Gasteiger partial charge in [-0.05, 0) is 74.0 Å². The average molecular weight is 416 g/mol. The Kier molecular flexibility index (Phi) is 5.04. The first kappa shape index (κ1) is 21.0. The Balaban J connectivity index is 1.56. The van der Waals surface area contributed by atoms with Crippen LogP contribution in [0.15, 0.2) is 36.4 Å². The molecule has 2 aromatic carbocycles. The second kappa shape index (κ2) is 7.45. The number of nitrogens with one attached hydrogen (secondary N) is 2. The second-order valence-corrected chi connectivity index (χ2v) is 9.58. The molecule has 0 radical (unpaired) electrons. The summed E-state index contributed by atoms with van der Waals surface area (Å²) < 4.78 is 0. The molecular formula is C25H29N5O. The zero-order chi connectivity index (χ0) is 22.4. The molecule has 160 valence electrons. The number of H-pyrrole nitrogens is 1. The lowest BCUT2D eigenvalue weighted by Gasteiger charge is -2.32. The summed E-state index contributed by atoms with van der Waals surface area (Å²) in [6, 6.07) is 12.2. The Morgan fingerprint density at radius 2 is 1.68 bits per heavy atom. The molecule has 1 aromatic heterocycles. The average Bonchev–Trinajstić information content (AvgIpc) is 3.28. The van der Waals surface area contributed by atoms with E-state index in [-0.39, 0.29) is 22.7 Å². The molecule has 0 saturated heterocycles. The van der Waals surface area contributed by atoms with Crippen LogP contribution >= 0.6 is 0 Å². The van der Waals surface area contributed by atoms with E-state index in [9.17, 15) is 4.79 Å². The molecule has 1 amide bonds. The summed E-state index contributed by atoms with van der Waals surface area (Å²) in [4.78, 5) is 12.3. The van der Waals surface area contributed by atoms with Gasteiger partial charge in [0.2, 0.25) is 5.95 Å². The first-order valence-corrected chi connectivity index (χ1v) is 10.6. The molecule has 0 spiro atoms. The third-order valence-electron chi connectivity index (χ3n) is 7.17. The molecule has 1 unspecified atom stereocenters. The van der Waals surface area contributed by atoms with Gasteiger partial charge in [-0.3, -0.25) is 10.1 Å². The Labute approximate surface area is 183 Å². The van der Waals surface area contributed by atoms with Gasteiger partial charge in [-0.2, -0.15) is 0 Å². The smallest absolute Gasteiger partial charge is 0.258 e. The summed E-state index contributed by atoms with van der Waals surface area (Å²) in [7, 11) is 0. The minimum atomic E-state index is -0.262. The number of aryl methyl sites for hydroxylation is 1. The van der Waals surface area contributed by atoms with E-state index in [4.69, 9.17) is 0 Å². The van der Waals surface area contributed by atoms with Crippen molar-refractivity contribution < 1.29 is 4.79 Å². The van der Waals surface area contributed by atoms with Gasteiger partial charge in [-0.25, -0.2) is 5.10 Å². The molecule has 4 rings (SSSR count). The molecule has 1 atom stereocenters. The fourth-order valence-electron chi connectivity index (χ4n) is 4.66. The monoisotopic (exact) mass is 415 g/mol. The minimum Gasteiger partial charge on any atom is -0.289 e. The van der Waals surface area contributed by atoms with Gasteiger partial charge < -0.3 is 0 Å². The predicted octanol–water partition coefficient (Wildman–Crippen LogP) is 5.14. The zero-order valence-corrected chi connectivity index (χ0v) is 18.9. The summed E-state index contributed by atoms with van der Waals surface area (Å²) in [5.41, 5.74) is 7.32. The van der Waals surface area contributed by atoms with Gasteiger partial charge in [0.05, 0.1) is 0 Å². The third-order valence-corrected chi connectivity index (χ3v) is 7.17. The van der Waals surface area contributed by atoms with Gasteiger partial charge in [0.1, 0.15) is 0 Å². The Morgan fingerprint density at radius 3 is 2.29 bits per heavy atom. The van der Waals surface area contributed by atoms with Crippen LogP contribution in [0.25, 0.3) is 12.2 Å². The van der Waals surface area contributed by atoms with Crippen LogP contribution in [0, 0.1) is 12.8 Å². The standard InChI is InChI=1S/C25H29N5O/c1-15-13-20-21(25(5,6)16(2)24(20,3)4)14-19(15)12-9-17-7-10-18(11-8-17)22(31)26-23-27-29-30-28-23/h7-14,16H,1-6H3,(H2,26,27,28,29,30,31). The highest BCUT2D eigenvalue weighted by Gasteiger charge is 2.48. The van der Waals surface area contributed by atoms with E-state index in [1.54, 1.807) is 12.1 Å². The number of carbonyl (C=O) groups is 1. The van der Waals surface area contributed by atoms with Crippen molar-refractivity contribution in [1.82, 2.24) is 20.6 Å². The highest BCUT2D eigenvalue weighted by Crippen LogP contribution is 2.54. The minimum absolute atomic E-state index is 0.142. The van der Waals surface area contributed by atoms with Crippen molar-refractivity contribution in [1.29, 1.82) is 0 Å². The summed E-state index contributed by atoms with van der Waals surface area (Å²) in [5.74, 6) is 0.532. The number of hydrogen-bond acceptors (Lipinski definition) is 4. The van der Waals surface area contributed by atoms with Gasteiger partial charge in [-0.15, -0.1) is 0 Å². The number of aromatic nitrogens is 4. The second-order valence-electron chi connectivity index (χ2n) is 9.58. The van der Waals surface area contributed by atoms with Gasteiger partial charge in [0.15, 0.2) is 0 Å². The SMILES string of the molecule is Cc1cc2c(cc1C=Cc1ccc(C(=O)Nc3nnn[nH]3)cc1)C(C)(C)C(C)C2(C)C. The van der Waals surface area contributed by atoms with Crippen LogP contribution < -0.4 is 5.32 Å². The van der Waals surface area contributed by atoms with Crippen LogP contribution in [0.2, 0.25) is 0 Å². The van der Waals surface area contributed by atoms with Crippen LogP contribution in [-0.2, 0) is 10.8 Å². The summed E-state index contributed by atoms with van der Waals surface area (Å²) in [6.45, 7) is 14.0. The van der Waals surface area contributed by atoms with Crippen molar-refractivity contribution in [3.63, 3.8) is 0 Å². The molecule has 31 heavy (non-hydrogen) atoms. The number of rotatable bonds is 4. The number of amides is 1. The quantitative estimate of drug-likeness (QED) is 0.578. The molecule has 1 aliphatic carbocycles. The topological polar surface area (TPSA) is 83.6 Å². The summed E-state index contributed by atoms with van der Waals surface area (Å²) in [6.07, 6.45) is 4.25. The molecule has 0 bridgehead atoms. The fraction of sp³-hybridized carbons (Fsp3) is 0.360.